The Morgan fingerprint density at radius 2 is 1.62 bits per heavy atom. The van der Waals surface area contributed by atoms with Crippen LogP contribution in [0.3, 0.4) is 0 Å². The molecule has 0 aromatic rings. The molecule has 21 heavy (non-hydrogen) atoms. The Morgan fingerprint density at radius 3 is 2.19 bits per heavy atom. The Balaban J connectivity index is 1.68. The summed E-state index contributed by atoms with van der Waals surface area (Å²) < 4.78 is 0. The highest BCUT2D eigenvalue weighted by Crippen LogP contribution is 2.30. The van der Waals surface area contributed by atoms with Gasteiger partial charge in [-0.3, -0.25) is 4.79 Å². The molecule has 2 N–H and O–H groups in total. The molecule has 0 unspecified atom stereocenters. The van der Waals surface area contributed by atoms with Crippen LogP contribution in [0.5, 0.6) is 0 Å². The fourth-order valence-corrected chi connectivity index (χ4v) is 3.81. The third kappa shape index (κ3) is 5.26. The average Bonchev–Trinajstić information content (AvgIpc) is 2.50. The first-order valence-electron chi connectivity index (χ1n) is 8.71. The van der Waals surface area contributed by atoms with Gasteiger partial charge in [0.25, 0.3) is 0 Å². The molecule has 0 bridgehead atoms. The zero-order chi connectivity index (χ0) is 15.2. The van der Waals surface area contributed by atoms with Crippen molar-refractivity contribution in [2.45, 2.75) is 44.9 Å². The molecule has 4 heteroatoms. The maximum Gasteiger partial charge on any atom is 0.222 e. The van der Waals surface area contributed by atoms with Gasteiger partial charge in [0.2, 0.25) is 5.91 Å². The van der Waals surface area contributed by atoms with Gasteiger partial charge in [0.15, 0.2) is 0 Å². The minimum absolute atomic E-state index is 0.352. The summed E-state index contributed by atoms with van der Waals surface area (Å²) in [6.07, 6.45) is 8.03. The molecule has 0 aromatic heterocycles. The van der Waals surface area contributed by atoms with Gasteiger partial charge < -0.3 is 15.5 Å². The van der Waals surface area contributed by atoms with Crippen LogP contribution in [0.25, 0.3) is 0 Å². The maximum absolute atomic E-state index is 12.4. The number of likely N-dealkylation sites (tertiary alicyclic amines) is 1. The largest absolute Gasteiger partial charge is 0.345 e. The molecule has 1 heterocycles. The van der Waals surface area contributed by atoms with Crippen molar-refractivity contribution in [1.29, 1.82) is 0 Å². The molecule has 2 aliphatic rings. The molecule has 0 radical (unpaired) electrons. The van der Waals surface area contributed by atoms with Gasteiger partial charge in [0.1, 0.15) is 0 Å². The third-order valence-corrected chi connectivity index (χ3v) is 5.56. The van der Waals surface area contributed by atoms with Crippen molar-refractivity contribution in [3.8, 4) is 0 Å². The fourth-order valence-electron chi connectivity index (χ4n) is 3.81. The lowest BCUT2D eigenvalue weighted by Crippen LogP contribution is -2.38. The molecule has 1 aliphatic carbocycles. The zero-order valence-electron chi connectivity index (χ0n) is 13.9. The predicted molar refractivity (Wildman–Crippen MR) is 87.0 cm³/mol. The lowest BCUT2D eigenvalue weighted by Gasteiger charge is -2.33. The van der Waals surface area contributed by atoms with E-state index in [-0.39, 0.29) is 0 Å². The van der Waals surface area contributed by atoms with Crippen molar-refractivity contribution in [1.82, 2.24) is 9.80 Å². The molecule has 1 amide bonds. The van der Waals surface area contributed by atoms with Crippen molar-refractivity contribution >= 4 is 5.91 Å². The number of rotatable bonds is 5. The van der Waals surface area contributed by atoms with E-state index in [0.717, 1.165) is 19.5 Å². The smallest absolute Gasteiger partial charge is 0.222 e. The van der Waals surface area contributed by atoms with Crippen LogP contribution in [-0.2, 0) is 4.79 Å². The van der Waals surface area contributed by atoms with Crippen molar-refractivity contribution < 1.29 is 4.79 Å². The summed E-state index contributed by atoms with van der Waals surface area (Å²) in [5.74, 6) is 2.35. The second kappa shape index (κ2) is 8.14. The Hall–Kier alpha value is -0.610. The summed E-state index contributed by atoms with van der Waals surface area (Å²) in [6, 6.07) is 0. The van der Waals surface area contributed by atoms with Gasteiger partial charge in [-0.25, -0.2) is 0 Å². The van der Waals surface area contributed by atoms with Crippen molar-refractivity contribution in [3.05, 3.63) is 0 Å². The quantitative estimate of drug-likeness (QED) is 0.843. The van der Waals surface area contributed by atoms with Crippen molar-refractivity contribution in [3.63, 3.8) is 0 Å². The number of hydrogen-bond donors (Lipinski definition) is 1. The lowest BCUT2D eigenvalue weighted by molar-refractivity contribution is -0.132. The zero-order valence-corrected chi connectivity index (χ0v) is 13.9. The first-order valence-corrected chi connectivity index (χ1v) is 8.71. The van der Waals surface area contributed by atoms with E-state index < -0.39 is 0 Å². The van der Waals surface area contributed by atoms with Gasteiger partial charge >= 0.3 is 0 Å². The van der Waals surface area contributed by atoms with Crippen LogP contribution in [-0.4, -0.2) is 56.0 Å². The van der Waals surface area contributed by atoms with E-state index in [9.17, 15) is 4.79 Å². The fraction of sp³-hybridized carbons (Fsp3) is 0.941. The predicted octanol–water partition coefficient (Wildman–Crippen LogP) is 1.94. The summed E-state index contributed by atoms with van der Waals surface area (Å²) in [4.78, 5) is 16.8. The minimum atomic E-state index is 0.352. The summed E-state index contributed by atoms with van der Waals surface area (Å²) in [7, 11) is 4.18. The molecular formula is C17H33N3O. The van der Waals surface area contributed by atoms with Gasteiger partial charge in [-0.05, 0) is 83.0 Å². The first-order chi connectivity index (χ1) is 10.1. The van der Waals surface area contributed by atoms with Gasteiger partial charge in [-0.1, -0.05) is 0 Å². The summed E-state index contributed by atoms with van der Waals surface area (Å²) in [6.45, 7) is 4.12. The maximum atomic E-state index is 12.4. The topological polar surface area (TPSA) is 49.6 Å². The summed E-state index contributed by atoms with van der Waals surface area (Å²) in [5, 5.41) is 0. The van der Waals surface area contributed by atoms with Crippen LogP contribution in [0.15, 0.2) is 0 Å². The van der Waals surface area contributed by atoms with Crippen molar-refractivity contribution in [2.24, 2.45) is 23.5 Å². The highest BCUT2D eigenvalue weighted by atomic mass is 16.2. The first kappa shape index (κ1) is 16.8. The minimum Gasteiger partial charge on any atom is -0.345 e. The van der Waals surface area contributed by atoms with E-state index in [4.69, 9.17) is 5.73 Å². The summed E-state index contributed by atoms with van der Waals surface area (Å²) >= 11 is 0. The van der Waals surface area contributed by atoms with E-state index in [0.29, 0.717) is 23.7 Å². The van der Waals surface area contributed by atoms with E-state index >= 15 is 0 Å². The molecule has 1 saturated carbocycles. The average molecular weight is 295 g/mol. The van der Waals surface area contributed by atoms with E-state index in [2.05, 4.69) is 11.9 Å². The Morgan fingerprint density at radius 1 is 1.05 bits per heavy atom. The second-order valence-corrected chi connectivity index (χ2v) is 7.35. The van der Waals surface area contributed by atoms with Crippen LogP contribution in [0.4, 0.5) is 0 Å². The van der Waals surface area contributed by atoms with E-state index in [1.165, 1.54) is 51.6 Å². The Kier molecular flexibility index (Phi) is 6.49. The number of amides is 1. The van der Waals surface area contributed by atoms with Crippen LogP contribution in [0.2, 0.25) is 0 Å². The lowest BCUT2D eigenvalue weighted by atomic mass is 9.80. The molecule has 2 rings (SSSR count). The number of nitrogens with two attached hydrogens (primary N) is 1. The Labute approximate surface area is 130 Å². The molecule has 2 fully saturated rings. The summed E-state index contributed by atoms with van der Waals surface area (Å²) in [5.41, 5.74) is 5.73. The highest BCUT2D eigenvalue weighted by Gasteiger charge is 2.25. The molecular weight excluding hydrogens is 262 g/mol. The molecule has 1 aliphatic heterocycles. The van der Waals surface area contributed by atoms with Gasteiger partial charge in [0, 0.05) is 20.0 Å². The molecule has 0 aromatic carbocycles. The van der Waals surface area contributed by atoms with Crippen LogP contribution in [0.1, 0.15) is 44.9 Å². The molecule has 0 spiro atoms. The number of carbonyl (C=O) groups excluding carboxylic acids is 1. The van der Waals surface area contributed by atoms with Gasteiger partial charge in [0.05, 0.1) is 0 Å². The normalized spacial score (nSPS) is 28.5. The van der Waals surface area contributed by atoms with E-state index in [1.807, 2.05) is 11.9 Å². The van der Waals surface area contributed by atoms with Gasteiger partial charge in [-0.15, -0.1) is 0 Å². The van der Waals surface area contributed by atoms with Crippen LogP contribution in [0, 0.1) is 17.8 Å². The van der Waals surface area contributed by atoms with Gasteiger partial charge in [-0.2, -0.15) is 0 Å². The number of carbonyl (C=O) groups is 1. The monoisotopic (exact) mass is 295 g/mol. The standard InChI is InChI=1S/C17H33N3O/c1-19-9-7-16(8-10-19)13-20(2)17(21)11-14-3-5-15(12-18)6-4-14/h14-16H,3-13,18H2,1-2H3. The number of hydrogen-bond acceptors (Lipinski definition) is 3. The number of piperidine rings is 1. The Bertz CT molecular complexity index is 318. The molecule has 4 nitrogen and oxygen atoms in total. The SMILES string of the molecule is CN1CCC(CN(C)C(=O)CC2CCC(CN)CC2)CC1. The molecule has 1 saturated heterocycles. The van der Waals surface area contributed by atoms with Crippen LogP contribution >= 0.6 is 0 Å². The second-order valence-electron chi connectivity index (χ2n) is 7.35. The number of nitrogens with zero attached hydrogens (tertiary/aromatic N) is 2. The highest BCUT2D eigenvalue weighted by molar-refractivity contribution is 5.76. The molecule has 122 valence electrons. The third-order valence-electron chi connectivity index (χ3n) is 5.56. The van der Waals surface area contributed by atoms with Crippen molar-refractivity contribution in [2.75, 3.05) is 40.3 Å². The molecule has 0 atom stereocenters. The van der Waals surface area contributed by atoms with E-state index in [1.54, 1.807) is 0 Å². The van der Waals surface area contributed by atoms with Crippen LogP contribution < -0.4 is 5.73 Å².